The van der Waals surface area contributed by atoms with Crippen LogP contribution in [0.3, 0.4) is 0 Å². The molecule has 0 saturated heterocycles. The molecule has 0 fully saturated rings. The molecule has 1 aromatic heterocycles. The quantitative estimate of drug-likeness (QED) is 0.728. The summed E-state index contributed by atoms with van der Waals surface area (Å²) in [5, 5.41) is 11.7. The smallest absolute Gasteiger partial charge is 0.281 e. The molecule has 98 valence electrons. The SMILES string of the molecule is CNC(=O)c1cccc(NC(=O)c2nonc2N)c1. The highest BCUT2D eigenvalue weighted by Crippen LogP contribution is 2.13. The van der Waals surface area contributed by atoms with Crippen LogP contribution in [0.25, 0.3) is 0 Å². The predicted molar refractivity (Wildman–Crippen MR) is 66.5 cm³/mol. The number of rotatable bonds is 3. The second-order valence-electron chi connectivity index (χ2n) is 3.61. The third-order valence-electron chi connectivity index (χ3n) is 2.34. The first-order valence-corrected chi connectivity index (χ1v) is 5.33. The van der Waals surface area contributed by atoms with Crippen LogP contribution in [-0.4, -0.2) is 29.2 Å². The van der Waals surface area contributed by atoms with Crippen molar-refractivity contribution in [3.8, 4) is 0 Å². The summed E-state index contributed by atoms with van der Waals surface area (Å²) < 4.78 is 4.33. The largest absolute Gasteiger partial charge is 0.379 e. The van der Waals surface area contributed by atoms with Crippen LogP contribution in [0.2, 0.25) is 0 Å². The van der Waals surface area contributed by atoms with Crippen molar-refractivity contribution >= 4 is 23.3 Å². The van der Waals surface area contributed by atoms with Gasteiger partial charge in [-0.25, -0.2) is 4.63 Å². The van der Waals surface area contributed by atoms with Crippen molar-refractivity contribution in [3.63, 3.8) is 0 Å². The van der Waals surface area contributed by atoms with E-state index < -0.39 is 5.91 Å². The molecule has 8 nitrogen and oxygen atoms in total. The van der Waals surface area contributed by atoms with E-state index in [0.717, 1.165) is 0 Å². The lowest BCUT2D eigenvalue weighted by atomic mass is 10.2. The second-order valence-corrected chi connectivity index (χ2v) is 3.61. The highest BCUT2D eigenvalue weighted by atomic mass is 16.6. The summed E-state index contributed by atoms with van der Waals surface area (Å²) in [5.41, 5.74) is 6.16. The van der Waals surface area contributed by atoms with Gasteiger partial charge in [-0.2, -0.15) is 0 Å². The normalized spacial score (nSPS) is 9.95. The first-order chi connectivity index (χ1) is 9.11. The van der Waals surface area contributed by atoms with Gasteiger partial charge in [0.1, 0.15) is 0 Å². The summed E-state index contributed by atoms with van der Waals surface area (Å²) in [6.07, 6.45) is 0. The van der Waals surface area contributed by atoms with Gasteiger partial charge in [0.05, 0.1) is 0 Å². The highest BCUT2D eigenvalue weighted by molar-refractivity contribution is 6.06. The lowest BCUT2D eigenvalue weighted by Gasteiger charge is -2.05. The molecule has 0 atom stereocenters. The number of aromatic nitrogens is 2. The van der Waals surface area contributed by atoms with Gasteiger partial charge in [0.2, 0.25) is 11.5 Å². The van der Waals surface area contributed by atoms with Crippen LogP contribution in [0.1, 0.15) is 20.8 Å². The number of amides is 2. The number of hydrogen-bond donors (Lipinski definition) is 3. The monoisotopic (exact) mass is 261 g/mol. The Bertz CT molecular complexity index is 622. The number of nitrogens with one attached hydrogen (secondary N) is 2. The molecule has 0 radical (unpaired) electrons. The maximum Gasteiger partial charge on any atom is 0.281 e. The van der Waals surface area contributed by atoms with E-state index in [1.807, 2.05) is 0 Å². The standard InChI is InChI=1S/C11H11N5O3/c1-13-10(17)6-3-2-4-7(5-6)14-11(18)8-9(12)16-19-15-8/h2-5H,1H3,(H2,12,16)(H,13,17)(H,14,18). The molecule has 1 aromatic carbocycles. The number of nitrogens with zero attached hydrogens (tertiary/aromatic N) is 2. The summed E-state index contributed by atoms with van der Waals surface area (Å²) in [4.78, 5) is 23.2. The molecular formula is C11H11N5O3. The van der Waals surface area contributed by atoms with Gasteiger partial charge in [0.15, 0.2) is 0 Å². The summed E-state index contributed by atoms with van der Waals surface area (Å²) in [6.45, 7) is 0. The number of carbonyl (C=O) groups excluding carboxylic acids is 2. The number of hydrogen-bond acceptors (Lipinski definition) is 6. The van der Waals surface area contributed by atoms with Gasteiger partial charge in [-0.15, -0.1) is 0 Å². The average Bonchev–Trinajstić information content (AvgIpc) is 2.84. The zero-order valence-electron chi connectivity index (χ0n) is 10.0. The number of benzene rings is 1. The van der Waals surface area contributed by atoms with E-state index >= 15 is 0 Å². The zero-order valence-corrected chi connectivity index (χ0v) is 10.0. The Morgan fingerprint density at radius 2 is 2.05 bits per heavy atom. The molecule has 0 unspecified atom stereocenters. The molecule has 0 spiro atoms. The molecule has 0 saturated carbocycles. The van der Waals surface area contributed by atoms with Crippen molar-refractivity contribution in [2.75, 3.05) is 18.1 Å². The minimum absolute atomic E-state index is 0.0973. The zero-order chi connectivity index (χ0) is 13.8. The number of nitrogen functional groups attached to an aromatic ring is 1. The Hall–Kier alpha value is -2.90. The van der Waals surface area contributed by atoms with Crippen molar-refractivity contribution in [1.82, 2.24) is 15.6 Å². The summed E-state index contributed by atoms with van der Waals surface area (Å²) in [5.74, 6) is -0.911. The molecule has 0 aliphatic rings. The highest BCUT2D eigenvalue weighted by Gasteiger charge is 2.16. The van der Waals surface area contributed by atoms with Gasteiger partial charge in [-0.3, -0.25) is 9.59 Å². The van der Waals surface area contributed by atoms with E-state index in [-0.39, 0.29) is 17.4 Å². The average molecular weight is 261 g/mol. The Balaban J connectivity index is 2.18. The third kappa shape index (κ3) is 2.68. The Morgan fingerprint density at radius 3 is 2.68 bits per heavy atom. The van der Waals surface area contributed by atoms with E-state index in [4.69, 9.17) is 5.73 Å². The number of anilines is 2. The Labute approximate surface area is 107 Å². The topological polar surface area (TPSA) is 123 Å². The van der Waals surface area contributed by atoms with Crippen LogP contribution in [0.5, 0.6) is 0 Å². The Morgan fingerprint density at radius 1 is 1.26 bits per heavy atom. The third-order valence-corrected chi connectivity index (χ3v) is 2.34. The molecule has 2 rings (SSSR count). The molecule has 0 aliphatic carbocycles. The van der Waals surface area contributed by atoms with E-state index in [1.165, 1.54) is 13.1 Å². The lowest BCUT2D eigenvalue weighted by Crippen LogP contribution is -2.18. The van der Waals surface area contributed by atoms with Gasteiger partial charge < -0.3 is 16.4 Å². The lowest BCUT2D eigenvalue weighted by molar-refractivity contribution is 0.0961. The van der Waals surface area contributed by atoms with Crippen LogP contribution in [0.15, 0.2) is 28.9 Å². The Kier molecular flexibility index (Phi) is 3.42. The maximum absolute atomic E-state index is 11.8. The fraction of sp³-hybridized carbons (Fsp3) is 0.0909. The predicted octanol–water partition coefficient (Wildman–Crippen LogP) is 0.264. The van der Waals surface area contributed by atoms with E-state index in [9.17, 15) is 9.59 Å². The van der Waals surface area contributed by atoms with E-state index in [0.29, 0.717) is 11.3 Å². The van der Waals surface area contributed by atoms with Gasteiger partial charge in [-0.1, -0.05) is 6.07 Å². The van der Waals surface area contributed by atoms with Gasteiger partial charge in [0.25, 0.3) is 11.8 Å². The minimum atomic E-state index is -0.562. The van der Waals surface area contributed by atoms with Crippen molar-refractivity contribution in [1.29, 1.82) is 0 Å². The molecule has 0 bridgehead atoms. The van der Waals surface area contributed by atoms with E-state index in [2.05, 4.69) is 25.6 Å². The first kappa shape index (κ1) is 12.6. The van der Waals surface area contributed by atoms with Crippen LogP contribution in [0, 0.1) is 0 Å². The van der Waals surface area contributed by atoms with Crippen molar-refractivity contribution in [2.45, 2.75) is 0 Å². The molecular weight excluding hydrogens is 250 g/mol. The molecule has 4 N–H and O–H groups in total. The molecule has 0 aliphatic heterocycles. The van der Waals surface area contributed by atoms with Gasteiger partial charge in [0, 0.05) is 18.3 Å². The summed E-state index contributed by atoms with van der Waals surface area (Å²) in [6, 6.07) is 6.43. The molecule has 8 heteroatoms. The van der Waals surface area contributed by atoms with Crippen LogP contribution in [0.4, 0.5) is 11.5 Å². The van der Waals surface area contributed by atoms with Crippen LogP contribution < -0.4 is 16.4 Å². The van der Waals surface area contributed by atoms with E-state index in [1.54, 1.807) is 18.2 Å². The second kappa shape index (κ2) is 5.17. The molecule has 19 heavy (non-hydrogen) atoms. The number of nitrogens with two attached hydrogens (primary N) is 1. The van der Waals surface area contributed by atoms with Crippen molar-refractivity contribution < 1.29 is 14.2 Å². The van der Waals surface area contributed by atoms with Gasteiger partial charge >= 0.3 is 0 Å². The number of carbonyl (C=O) groups is 2. The van der Waals surface area contributed by atoms with Crippen LogP contribution in [-0.2, 0) is 0 Å². The molecule has 2 aromatic rings. The molecule has 1 heterocycles. The minimum Gasteiger partial charge on any atom is -0.379 e. The molecule has 2 amide bonds. The van der Waals surface area contributed by atoms with Crippen LogP contribution >= 0.6 is 0 Å². The van der Waals surface area contributed by atoms with Crippen molar-refractivity contribution in [3.05, 3.63) is 35.5 Å². The van der Waals surface area contributed by atoms with Gasteiger partial charge in [-0.05, 0) is 28.5 Å². The fourth-order valence-electron chi connectivity index (χ4n) is 1.43. The van der Waals surface area contributed by atoms with Crippen molar-refractivity contribution in [2.24, 2.45) is 0 Å². The first-order valence-electron chi connectivity index (χ1n) is 5.33. The summed E-state index contributed by atoms with van der Waals surface area (Å²) >= 11 is 0. The maximum atomic E-state index is 11.8. The summed E-state index contributed by atoms with van der Waals surface area (Å²) in [7, 11) is 1.52. The fourth-order valence-corrected chi connectivity index (χ4v) is 1.43.